The van der Waals surface area contributed by atoms with E-state index in [-0.39, 0.29) is 12.7 Å². The lowest BCUT2D eigenvalue weighted by Crippen LogP contribution is -2.37. The number of anilines is 1. The summed E-state index contributed by atoms with van der Waals surface area (Å²) in [6.45, 7) is 4.02. The maximum atomic E-state index is 12.6. The molecule has 0 aliphatic carbocycles. The lowest BCUT2D eigenvalue weighted by Gasteiger charge is -2.31. The highest BCUT2D eigenvalue weighted by molar-refractivity contribution is 5.91. The summed E-state index contributed by atoms with van der Waals surface area (Å²) in [5.41, 5.74) is 3.21. The van der Waals surface area contributed by atoms with Gasteiger partial charge in [-0.1, -0.05) is 24.3 Å². The van der Waals surface area contributed by atoms with Crippen LogP contribution < -0.4 is 14.4 Å². The monoisotopic (exact) mass is 380 g/mol. The lowest BCUT2D eigenvalue weighted by molar-refractivity contribution is -0.125. The molecule has 2 aromatic rings. The van der Waals surface area contributed by atoms with Crippen LogP contribution in [-0.4, -0.2) is 51.0 Å². The van der Waals surface area contributed by atoms with Crippen LogP contribution in [0, 0.1) is 0 Å². The van der Waals surface area contributed by atoms with E-state index in [0.717, 1.165) is 43.2 Å². The van der Waals surface area contributed by atoms with Crippen molar-refractivity contribution >= 4 is 17.7 Å². The molecule has 0 N–H and O–H groups in total. The molecule has 1 saturated heterocycles. The zero-order valence-corrected chi connectivity index (χ0v) is 16.0. The summed E-state index contributed by atoms with van der Waals surface area (Å²) in [6.07, 6.45) is 3.39. The van der Waals surface area contributed by atoms with Gasteiger partial charge < -0.3 is 24.0 Å². The molecule has 2 heterocycles. The quantitative estimate of drug-likeness (QED) is 0.747. The van der Waals surface area contributed by atoms with Gasteiger partial charge in [-0.25, -0.2) is 0 Å². The molecule has 1 amide bonds. The maximum Gasteiger partial charge on any atom is 0.246 e. The maximum absolute atomic E-state index is 12.6. The third-order valence-electron chi connectivity index (χ3n) is 4.94. The van der Waals surface area contributed by atoms with Crippen LogP contribution in [0.5, 0.6) is 11.5 Å². The van der Waals surface area contributed by atoms with Crippen molar-refractivity contribution in [1.82, 2.24) is 4.90 Å². The molecule has 0 unspecified atom stereocenters. The van der Waals surface area contributed by atoms with E-state index in [1.54, 1.807) is 17.1 Å². The first-order chi connectivity index (χ1) is 13.7. The number of morpholine rings is 1. The van der Waals surface area contributed by atoms with E-state index < -0.39 is 0 Å². The number of fused-ring (bicyclic) bond motifs is 1. The van der Waals surface area contributed by atoms with Gasteiger partial charge in [0, 0.05) is 38.4 Å². The largest absolute Gasteiger partial charge is 0.454 e. The Labute approximate surface area is 164 Å². The van der Waals surface area contributed by atoms with Crippen LogP contribution >= 0.6 is 0 Å². The van der Waals surface area contributed by atoms with Gasteiger partial charge in [0.05, 0.1) is 13.2 Å². The summed E-state index contributed by atoms with van der Waals surface area (Å²) in [6, 6.07) is 13.9. The Kier molecular flexibility index (Phi) is 5.48. The molecule has 0 atom stereocenters. The molecule has 0 spiro atoms. The van der Waals surface area contributed by atoms with E-state index in [1.165, 1.54) is 5.69 Å². The van der Waals surface area contributed by atoms with Gasteiger partial charge in [-0.3, -0.25) is 4.79 Å². The molecule has 28 heavy (non-hydrogen) atoms. The van der Waals surface area contributed by atoms with Crippen molar-refractivity contribution < 1.29 is 19.0 Å². The van der Waals surface area contributed by atoms with Crippen LogP contribution in [0.2, 0.25) is 0 Å². The van der Waals surface area contributed by atoms with Crippen molar-refractivity contribution in [3.8, 4) is 11.5 Å². The first-order valence-corrected chi connectivity index (χ1v) is 9.44. The van der Waals surface area contributed by atoms with Crippen LogP contribution in [0.3, 0.4) is 0 Å². The number of amides is 1. The summed E-state index contributed by atoms with van der Waals surface area (Å²) < 4.78 is 16.1. The van der Waals surface area contributed by atoms with E-state index in [4.69, 9.17) is 14.2 Å². The van der Waals surface area contributed by atoms with Gasteiger partial charge in [0.1, 0.15) is 0 Å². The minimum absolute atomic E-state index is 0.0468. The topological polar surface area (TPSA) is 51.2 Å². The van der Waals surface area contributed by atoms with E-state index in [0.29, 0.717) is 12.3 Å². The molecule has 4 rings (SSSR count). The fourth-order valence-corrected chi connectivity index (χ4v) is 3.40. The van der Waals surface area contributed by atoms with Crippen molar-refractivity contribution in [1.29, 1.82) is 0 Å². The van der Waals surface area contributed by atoms with E-state index >= 15 is 0 Å². The molecule has 6 nitrogen and oxygen atoms in total. The molecular weight excluding hydrogens is 356 g/mol. The van der Waals surface area contributed by atoms with Crippen LogP contribution in [-0.2, 0) is 16.1 Å². The lowest BCUT2D eigenvalue weighted by atomic mass is 10.1. The standard InChI is InChI=1S/C22H24N2O4/c1-23(15-18-4-2-3-5-19(18)24-10-12-26-13-11-24)22(25)9-7-17-6-8-20-21(14-17)28-16-27-20/h2-9,14H,10-13,15-16H2,1H3/b9-7+. The Morgan fingerprint density at radius 3 is 2.75 bits per heavy atom. The molecular formula is C22H24N2O4. The average molecular weight is 380 g/mol. The number of likely N-dealkylation sites (N-methyl/N-ethyl adjacent to an activating group) is 1. The number of carbonyl (C=O) groups excluding carboxylic acids is 1. The van der Waals surface area contributed by atoms with Crippen LogP contribution in [0.25, 0.3) is 6.08 Å². The molecule has 146 valence electrons. The number of carbonyl (C=O) groups is 1. The fourth-order valence-electron chi connectivity index (χ4n) is 3.40. The highest BCUT2D eigenvalue weighted by atomic mass is 16.7. The Morgan fingerprint density at radius 1 is 1.11 bits per heavy atom. The summed E-state index contributed by atoms with van der Waals surface area (Å²) in [7, 11) is 1.82. The molecule has 2 aliphatic heterocycles. The molecule has 2 aliphatic rings. The number of hydrogen-bond donors (Lipinski definition) is 0. The van der Waals surface area contributed by atoms with Crippen LogP contribution in [0.1, 0.15) is 11.1 Å². The van der Waals surface area contributed by atoms with E-state index in [1.807, 2.05) is 37.4 Å². The summed E-state index contributed by atoms with van der Waals surface area (Å²) in [4.78, 5) is 16.6. The van der Waals surface area contributed by atoms with Gasteiger partial charge in [-0.05, 0) is 35.4 Å². The highest BCUT2D eigenvalue weighted by Crippen LogP contribution is 2.32. The summed E-state index contributed by atoms with van der Waals surface area (Å²) in [5, 5.41) is 0. The first-order valence-electron chi connectivity index (χ1n) is 9.44. The van der Waals surface area contributed by atoms with Gasteiger partial charge in [-0.15, -0.1) is 0 Å². The number of nitrogens with zero attached hydrogens (tertiary/aromatic N) is 2. The Balaban J connectivity index is 1.42. The summed E-state index contributed by atoms with van der Waals surface area (Å²) >= 11 is 0. The highest BCUT2D eigenvalue weighted by Gasteiger charge is 2.16. The molecule has 0 saturated carbocycles. The zero-order valence-electron chi connectivity index (χ0n) is 16.0. The van der Waals surface area contributed by atoms with Crippen molar-refractivity contribution in [2.75, 3.05) is 45.0 Å². The van der Waals surface area contributed by atoms with Crippen molar-refractivity contribution in [2.24, 2.45) is 0 Å². The van der Waals surface area contributed by atoms with E-state index in [9.17, 15) is 4.79 Å². The molecule has 0 aromatic heterocycles. The van der Waals surface area contributed by atoms with Crippen molar-refractivity contribution in [3.05, 3.63) is 59.7 Å². The minimum atomic E-state index is -0.0468. The number of para-hydroxylation sites is 1. The Morgan fingerprint density at radius 2 is 1.89 bits per heavy atom. The van der Waals surface area contributed by atoms with Crippen LogP contribution in [0.15, 0.2) is 48.5 Å². The second-order valence-electron chi connectivity index (χ2n) is 6.87. The molecule has 6 heteroatoms. The molecule has 2 aromatic carbocycles. The SMILES string of the molecule is CN(Cc1ccccc1N1CCOCC1)C(=O)/C=C/c1ccc2c(c1)OCO2. The molecule has 0 radical (unpaired) electrons. The number of benzene rings is 2. The normalized spacial score (nSPS) is 15.8. The third kappa shape index (κ3) is 4.12. The fraction of sp³-hybridized carbons (Fsp3) is 0.318. The second kappa shape index (κ2) is 8.35. The second-order valence-corrected chi connectivity index (χ2v) is 6.87. The van der Waals surface area contributed by atoms with Gasteiger partial charge in [-0.2, -0.15) is 0 Å². The Bertz CT molecular complexity index is 875. The van der Waals surface area contributed by atoms with Gasteiger partial charge in [0.2, 0.25) is 12.7 Å². The van der Waals surface area contributed by atoms with Gasteiger partial charge in [0.25, 0.3) is 0 Å². The number of hydrogen-bond acceptors (Lipinski definition) is 5. The molecule has 1 fully saturated rings. The third-order valence-corrected chi connectivity index (χ3v) is 4.94. The average Bonchev–Trinajstić information content (AvgIpc) is 3.21. The van der Waals surface area contributed by atoms with Crippen molar-refractivity contribution in [3.63, 3.8) is 0 Å². The van der Waals surface area contributed by atoms with Gasteiger partial charge >= 0.3 is 0 Å². The summed E-state index contributed by atoms with van der Waals surface area (Å²) in [5.74, 6) is 1.40. The van der Waals surface area contributed by atoms with E-state index in [2.05, 4.69) is 17.0 Å². The van der Waals surface area contributed by atoms with Crippen molar-refractivity contribution in [2.45, 2.75) is 6.54 Å². The van der Waals surface area contributed by atoms with Gasteiger partial charge in [0.15, 0.2) is 11.5 Å². The zero-order chi connectivity index (χ0) is 19.3. The minimum Gasteiger partial charge on any atom is -0.454 e. The Hall–Kier alpha value is -2.99. The predicted molar refractivity (Wildman–Crippen MR) is 108 cm³/mol. The van der Waals surface area contributed by atoms with Crippen LogP contribution in [0.4, 0.5) is 5.69 Å². The predicted octanol–water partition coefficient (Wildman–Crippen LogP) is 2.92. The smallest absolute Gasteiger partial charge is 0.246 e. The number of rotatable bonds is 5. The number of ether oxygens (including phenoxy) is 3. The molecule has 0 bridgehead atoms. The first kappa shape index (κ1) is 18.4.